The molecule has 3 aromatic rings. The number of aromatic nitrogens is 1. The Morgan fingerprint density at radius 1 is 1.14 bits per heavy atom. The summed E-state index contributed by atoms with van der Waals surface area (Å²) in [7, 11) is 1.63. The van der Waals surface area contributed by atoms with Gasteiger partial charge in [0, 0.05) is 29.0 Å². The van der Waals surface area contributed by atoms with Gasteiger partial charge in [-0.25, -0.2) is 9.59 Å². The van der Waals surface area contributed by atoms with E-state index in [9.17, 15) is 9.59 Å². The Morgan fingerprint density at radius 2 is 1.86 bits per heavy atom. The molecule has 0 radical (unpaired) electrons. The van der Waals surface area contributed by atoms with E-state index in [0.29, 0.717) is 22.5 Å². The molecule has 112 valence electrons. The molecule has 0 spiro atoms. The number of nitrogens with one attached hydrogen (secondary N) is 2. The fourth-order valence-electron chi connectivity index (χ4n) is 2.07. The van der Waals surface area contributed by atoms with Crippen molar-refractivity contribution < 1.29 is 9.21 Å². The van der Waals surface area contributed by atoms with Gasteiger partial charge >= 0.3 is 11.8 Å². The lowest BCUT2D eigenvalue weighted by molar-refractivity contribution is 0.262. The summed E-state index contributed by atoms with van der Waals surface area (Å²) in [6.07, 6.45) is 0. The van der Waals surface area contributed by atoms with Crippen molar-refractivity contribution >= 4 is 44.4 Å². The number of urea groups is 1. The van der Waals surface area contributed by atoms with Crippen molar-refractivity contribution in [2.45, 2.75) is 0 Å². The molecule has 22 heavy (non-hydrogen) atoms. The molecule has 2 amide bonds. The van der Waals surface area contributed by atoms with Crippen LogP contribution in [0.1, 0.15) is 0 Å². The molecule has 6 nitrogen and oxygen atoms in total. The lowest BCUT2D eigenvalue weighted by Gasteiger charge is -2.07. The van der Waals surface area contributed by atoms with Crippen molar-refractivity contribution in [2.75, 3.05) is 10.6 Å². The highest BCUT2D eigenvalue weighted by Gasteiger charge is 2.08. The van der Waals surface area contributed by atoms with Gasteiger partial charge < -0.3 is 15.1 Å². The van der Waals surface area contributed by atoms with Gasteiger partial charge in [-0.3, -0.25) is 4.57 Å². The Labute approximate surface area is 133 Å². The van der Waals surface area contributed by atoms with Crippen LogP contribution in [0, 0.1) is 0 Å². The van der Waals surface area contributed by atoms with Crippen LogP contribution >= 0.6 is 15.9 Å². The molecule has 2 N–H and O–H groups in total. The maximum atomic E-state index is 12.0. The van der Waals surface area contributed by atoms with Crippen LogP contribution in [0.15, 0.2) is 56.1 Å². The van der Waals surface area contributed by atoms with Gasteiger partial charge in [-0.2, -0.15) is 0 Å². The standard InChI is InChI=1S/C15H12BrN3O3/c1-19-12-6-5-11(8-13(12)22-15(19)21)18-14(20)17-10-4-2-3-9(16)7-10/h2-8H,1H3,(H2,17,18,20). The molecule has 0 bridgehead atoms. The monoisotopic (exact) mass is 361 g/mol. The molecule has 7 heteroatoms. The summed E-state index contributed by atoms with van der Waals surface area (Å²) in [6, 6.07) is 11.9. The molecule has 0 fully saturated rings. The fraction of sp³-hybridized carbons (Fsp3) is 0.0667. The number of carbonyl (C=O) groups excluding carboxylic acids is 1. The van der Waals surface area contributed by atoms with Crippen LogP contribution in [0.3, 0.4) is 0 Å². The van der Waals surface area contributed by atoms with Crippen LogP contribution in [0.4, 0.5) is 16.2 Å². The Hall–Kier alpha value is -2.54. The van der Waals surface area contributed by atoms with E-state index in [1.165, 1.54) is 4.57 Å². The molecule has 0 saturated heterocycles. The van der Waals surface area contributed by atoms with E-state index in [-0.39, 0.29) is 6.03 Å². The lowest BCUT2D eigenvalue weighted by atomic mass is 10.3. The maximum Gasteiger partial charge on any atom is 0.419 e. The number of nitrogens with zero attached hydrogens (tertiary/aromatic N) is 1. The highest BCUT2D eigenvalue weighted by Crippen LogP contribution is 2.19. The van der Waals surface area contributed by atoms with Crippen LogP contribution in [0.2, 0.25) is 0 Å². The van der Waals surface area contributed by atoms with Crippen LogP contribution in [-0.2, 0) is 7.05 Å². The predicted molar refractivity (Wildman–Crippen MR) is 88.2 cm³/mol. The SMILES string of the molecule is Cn1c(=O)oc2cc(NC(=O)Nc3cccc(Br)c3)ccc21. The van der Waals surface area contributed by atoms with Gasteiger partial charge in [0.25, 0.3) is 0 Å². The summed E-state index contributed by atoms with van der Waals surface area (Å²) < 4.78 is 7.36. The van der Waals surface area contributed by atoms with Crippen molar-refractivity contribution in [1.82, 2.24) is 4.57 Å². The number of anilines is 2. The second-order valence-corrected chi connectivity index (χ2v) is 5.61. The van der Waals surface area contributed by atoms with Crippen molar-refractivity contribution in [2.24, 2.45) is 7.05 Å². The molecule has 0 aliphatic carbocycles. The van der Waals surface area contributed by atoms with E-state index in [2.05, 4.69) is 26.6 Å². The van der Waals surface area contributed by atoms with Crippen molar-refractivity contribution in [3.63, 3.8) is 0 Å². The zero-order chi connectivity index (χ0) is 15.7. The number of oxazole rings is 1. The minimum Gasteiger partial charge on any atom is -0.408 e. The van der Waals surface area contributed by atoms with Gasteiger partial charge in [-0.15, -0.1) is 0 Å². The number of hydrogen-bond acceptors (Lipinski definition) is 3. The molecular formula is C15H12BrN3O3. The van der Waals surface area contributed by atoms with Gasteiger partial charge in [0.1, 0.15) is 0 Å². The molecule has 1 heterocycles. The Kier molecular flexibility index (Phi) is 3.72. The first-order valence-electron chi connectivity index (χ1n) is 6.46. The van der Waals surface area contributed by atoms with Crippen LogP contribution in [0.25, 0.3) is 11.1 Å². The third-order valence-electron chi connectivity index (χ3n) is 3.13. The molecular weight excluding hydrogens is 350 g/mol. The molecule has 0 aliphatic heterocycles. The molecule has 0 atom stereocenters. The van der Waals surface area contributed by atoms with Crippen molar-refractivity contribution in [3.05, 3.63) is 57.5 Å². The highest BCUT2D eigenvalue weighted by molar-refractivity contribution is 9.10. The van der Waals surface area contributed by atoms with E-state index >= 15 is 0 Å². The number of halogens is 1. The number of amides is 2. The number of hydrogen-bond donors (Lipinski definition) is 2. The van der Waals surface area contributed by atoms with Gasteiger partial charge in [-0.1, -0.05) is 22.0 Å². The predicted octanol–water partition coefficient (Wildman–Crippen LogP) is 3.54. The van der Waals surface area contributed by atoms with E-state index in [4.69, 9.17) is 4.42 Å². The van der Waals surface area contributed by atoms with Crippen molar-refractivity contribution in [1.29, 1.82) is 0 Å². The van der Waals surface area contributed by atoms with Gasteiger partial charge in [0.15, 0.2) is 5.58 Å². The Bertz CT molecular complexity index is 914. The maximum absolute atomic E-state index is 12.0. The first-order chi connectivity index (χ1) is 10.5. The number of carbonyl (C=O) groups is 1. The second-order valence-electron chi connectivity index (χ2n) is 4.70. The van der Waals surface area contributed by atoms with Crippen LogP contribution in [0.5, 0.6) is 0 Å². The molecule has 0 unspecified atom stereocenters. The number of rotatable bonds is 2. The summed E-state index contributed by atoms with van der Waals surface area (Å²) in [5, 5.41) is 5.41. The van der Waals surface area contributed by atoms with E-state index in [1.54, 1.807) is 37.4 Å². The van der Waals surface area contributed by atoms with E-state index in [0.717, 1.165) is 4.47 Å². The average molecular weight is 362 g/mol. The first-order valence-corrected chi connectivity index (χ1v) is 7.25. The summed E-state index contributed by atoms with van der Waals surface area (Å²) in [6.45, 7) is 0. The van der Waals surface area contributed by atoms with Crippen LogP contribution in [-0.4, -0.2) is 10.6 Å². The first kappa shape index (κ1) is 14.4. The average Bonchev–Trinajstić information content (AvgIpc) is 2.73. The second kappa shape index (κ2) is 5.69. The van der Waals surface area contributed by atoms with Crippen LogP contribution < -0.4 is 16.4 Å². The van der Waals surface area contributed by atoms with Gasteiger partial charge in [0.2, 0.25) is 0 Å². The van der Waals surface area contributed by atoms with Gasteiger partial charge in [-0.05, 0) is 30.3 Å². The highest BCUT2D eigenvalue weighted by atomic mass is 79.9. The Balaban J connectivity index is 1.78. The largest absolute Gasteiger partial charge is 0.419 e. The van der Waals surface area contributed by atoms with E-state index in [1.807, 2.05) is 12.1 Å². The zero-order valence-electron chi connectivity index (χ0n) is 11.6. The smallest absolute Gasteiger partial charge is 0.408 e. The summed E-state index contributed by atoms with van der Waals surface area (Å²) in [5.74, 6) is -0.439. The third-order valence-corrected chi connectivity index (χ3v) is 3.63. The number of fused-ring (bicyclic) bond motifs is 1. The molecule has 2 aromatic carbocycles. The lowest BCUT2D eigenvalue weighted by Crippen LogP contribution is -2.19. The summed E-state index contributed by atoms with van der Waals surface area (Å²) in [4.78, 5) is 23.4. The molecule has 0 aliphatic rings. The molecule has 1 aromatic heterocycles. The zero-order valence-corrected chi connectivity index (χ0v) is 13.2. The quantitative estimate of drug-likeness (QED) is 0.732. The fourth-order valence-corrected chi connectivity index (χ4v) is 2.47. The molecule has 0 saturated carbocycles. The normalized spacial score (nSPS) is 10.6. The number of benzene rings is 2. The van der Waals surface area contributed by atoms with E-state index < -0.39 is 5.76 Å². The summed E-state index contributed by atoms with van der Waals surface area (Å²) >= 11 is 3.34. The minimum absolute atomic E-state index is 0.379. The van der Waals surface area contributed by atoms with Crippen molar-refractivity contribution in [3.8, 4) is 0 Å². The third kappa shape index (κ3) is 2.89. The minimum atomic E-state index is -0.439. The number of aryl methyl sites for hydroxylation is 1. The summed E-state index contributed by atoms with van der Waals surface area (Å²) in [5.41, 5.74) is 2.30. The van der Waals surface area contributed by atoms with Gasteiger partial charge in [0.05, 0.1) is 5.52 Å². The Morgan fingerprint density at radius 3 is 2.59 bits per heavy atom. The molecule has 3 rings (SSSR count). The topological polar surface area (TPSA) is 76.3 Å².